The zero-order valence-corrected chi connectivity index (χ0v) is 25.5. The first-order valence-corrected chi connectivity index (χ1v) is 16.0. The molecule has 7 atom stereocenters. The average Bonchev–Trinajstić information content (AvgIpc) is 3.66. The molecule has 0 aromatic heterocycles. The maximum Gasteiger partial charge on any atom is 0.311 e. The van der Waals surface area contributed by atoms with E-state index >= 15 is 0 Å². The van der Waals surface area contributed by atoms with E-state index in [9.17, 15) is 9.90 Å². The number of methoxy groups -OCH3 is 1. The maximum absolute atomic E-state index is 12.8. The monoisotopic (exact) mass is 551 g/mol. The van der Waals surface area contributed by atoms with E-state index in [2.05, 4.69) is 38.7 Å². The van der Waals surface area contributed by atoms with Crippen molar-refractivity contribution in [1.29, 1.82) is 0 Å². The van der Waals surface area contributed by atoms with E-state index in [-0.39, 0.29) is 34.2 Å². The number of aliphatic hydroxyl groups is 1. The van der Waals surface area contributed by atoms with Crippen LogP contribution in [-0.2, 0) is 21.4 Å². The molecule has 1 aromatic rings. The van der Waals surface area contributed by atoms with E-state index in [0.717, 1.165) is 63.2 Å². The summed E-state index contributed by atoms with van der Waals surface area (Å²) in [6.07, 6.45) is 9.65. The van der Waals surface area contributed by atoms with Gasteiger partial charge in [-0.25, -0.2) is 0 Å². The lowest BCUT2D eigenvalue weighted by Crippen LogP contribution is -2.83. The van der Waals surface area contributed by atoms with Gasteiger partial charge in [-0.1, -0.05) is 40.2 Å². The Hall–Kier alpha value is -1.63. The fourth-order valence-electron chi connectivity index (χ4n) is 10.1. The highest BCUT2D eigenvalue weighted by atomic mass is 16.6. The maximum atomic E-state index is 12.8. The molecular formula is C34H49NO5. The molecule has 0 radical (unpaired) electrons. The second kappa shape index (κ2) is 8.70. The number of unbranched alkanes of at least 4 members (excludes halogenated alkanes) is 1. The van der Waals surface area contributed by atoms with Crippen molar-refractivity contribution in [2.75, 3.05) is 20.2 Å². The summed E-state index contributed by atoms with van der Waals surface area (Å²) >= 11 is 0. The van der Waals surface area contributed by atoms with Crippen LogP contribution in [0.15, 0.2) is 12.1 Å². The Bertz CT molecular complexity index is 1220. The van der Waals surface area contributed by atoms with Gasteiger partial charge in [-0.15, -0.1) is 0 Å². The van der Waals surface area contributed by atoms with Gasteiger partial charge in [-0.3, -0.25) is 9.69 Å². The second-order valence-electron chi connectivity index (χ2n) is 15.4. The Balaban J connectivity index is 1.41. The molecule has 2 heterocycles. The van der Waals surface area contributed by atoms with Gasteiger partial charge in [0.15, 0.2) is 11.5 Å². The molecule has 6 nitrogen and oxygen atoms in total. The highest BCUT2D eigenvalue weighted by Gasteiger charge is 2.82. The van der Waals surface area contributed by atoms with Gasteiger partial charge in [0.05, 0.1) is 5.60 Å². The molecule has 7 aliphatic rings. The Labute approximate surface area is 240 Å². The zero-order valence-electron chi connectivity index (χ0n) is 25.5. The Kier molecular flexibility index (Phi) is 5.92. The van der Waals surface area contributed by atoms with Gasteiger partial charge < -0.3 is 19.3 Å². The van der Waals surface area contributed by atoms with Crippen molar-refractivity contribution in [3.05, 3.63) is 23.3 Å². The van der Waals surface area contributed by atoms with Crippen LogP contribution in [0.25, 0.3) is 0 Å². The normalized spacial score (nSPS) is 38.9. The van der Waals surface area contributed by atoms with Gasteiger partial charge in [0.25, 0.3) is 0 Å². The molecule has 2 spiro atoms. The molecule has 1 saturated heterocycles. The van der Waals surface area contributed by atoms with Crippen LogP contribution in [-0.4, -0.2) is 59.5 Å². The number of benzene rings is 1. The predicted octanol–water partition coefficient (Wildman–Crippen LogP) is 5.80. The molecule has 220 valence electrons. The molecule has 1 N–H and O–H groups in total. The van der Waals surface area contributed by atoms with Crippen molar-refractivity contribution in [3.63, 3.8) is 0 Å². The number of ether oxygens (including phenoxy) is 3. The second-order valence-corrected chi connectivity index (χ2v) is 15.4. The van der Waals surface area contributed by atoms with Crippen molar-refractivity contribution in [2.24, 2.45) is 22.7 Å². The van der Waals surface area contributed by atoms with E-state index in [4.69, 9.17) is 14.2 Å². The van der Waals surface area contributed by atoms with E-state index in [1.807, 2.05) is 20.1 Å². The van der Waals surface area contributed by atoms with Crippen LogP contribution in [0.4, 0.5) is 0 Å². The number of rotatable bonds is 8. The van der Waals surface area contributed by atoms with Crippen LogP contribution >= 0.6 is 0 Å². The number of piperidine rings is 1. The summed E-state index contributed by atoms with van der Waals surface area (Å²) in [6.45, 7) is 12.9. The Morgan fingerprint density at radius 1 is 1.18 bits per heavy atom. The lowest BCUT2D eigenvalue weighted by atomic mass is 9.33. The number of nitrogens with zero attached hydrogens (tertiary/aromatic N) is 1. The van der Waals surface area contributed by atoms with Gasteiger partial charge in [0.2, 0.25) is 0 Å². The molecule has 5 aliphatic carbocycles. The molecule has 4 saturated carbocycles. The lowest BCUT2D eigenvalue weighted by Gasteiger charge is -2.75. The molecule has 1 aromatic carbocycles. The molecule has 0 unspecified atom stereocenters. The number of carbonyl (C=O) groups is 1. The largest absolute Gasteiger partial charge is 0.482 e. The molecule has 4 bridgehead atoms. The Morgan fingerprint density at radius 2 is 1.95 bits per heavy atom. The molecule has 2 aliphatic heterocycles. The van der Waals surface area contributed by atoms with Crippen molar-refractivity contribution in [3.8, 4) is 11.5 Å². The van der Waals surface area contributed by atoms with Gasteiger partial charge in [-0.05, 0) is 87.8 Å². The predicted molar refractivity (Wildman–Crippen MR) is 154 cm³/mol. The summed E-state index contributed by atoms with van der Waals surface area (Å²) in [5.74, 6) is 1.94. The SMILES string of the molecule is CCCCC(=O)Oc1ccc2c3c1O[C@H]1[C@@]4(OC)CC[C@@]5(C[C@@H]4[C@](C)(O)C(C)(C)C)[C@@H](C2)N(CC2CC2)CC[C@]315. The van der Waals surface area contributed by atoms with Gasteiger partial charge in [0, 0.05) is 48.4 Å². The number of hydrogen-bond acceptors (Lipinski definition) is 6. The lowest BCUT2D eigenvalue weighted by molar-refractivity contribution is -0.312. The van der Waals surface area contributed by atoms with Crippen LogP contribution in [0, 0.1) is 22.7 Å². The minimum Gasteiger partial charge on any atom is -0.482 e. The number of esters is 1. The van der Waals surface area contributed by atoms with Crippen LogP contribution in [0.3, 0.4) is 0 Å². The van der Waals surface area contributed by atoms with E-state index < -0.39 is 11.2 Å². The van der Waals surface area contributed by atoms with Crippen molar-refractivity contribution >= 4 is 5.97 Å². The topological polar surface area (TPSA) is 68.2 Å². The molecule has 0 amide bonds. The van der Waals surface area contributed by atoms with Crippen LogP contribution in [0.1, 0.15) is 104 Å². The summed E-state index contributed by atoms with van der Waals surface area (Å²) in [7, 11) is 1.84. The first kappa shape index (κ1) is 27.2. The van der Waals surface area contributed by atoms with Gasteiger partial charge >= 0.3 is 5.97 Å². The first-order valence-electron chi connectivity index (χ1n) is 16.0. The van der Waals surface area contributed by atoms with Gasteiger partial charge in [0.1, 0.15) is 11.7 Å². The number of carbonyl (C=O) groups excluding carboxylic acids is 1. The summed E-state index contributed by atoms with van der Waals surface area (Å²) in [6, 6.07) is 4.63. The number of fused-ring (bicyclic) bond motifs is 2. The van der Waals surface area contributed by atoms with E-state index in [1.54, 1.807) is 0 Å². The zero-order chi connectivity index (χ0) is 28.3. The molecule has 40 heavy (non-hydrogen) atoms. The highest BCUT2D eigenvalue weighted by Crippen LogP contribution is 2.78. The van der Waals surface area contributed by atoms with Crippen LogP contribution in [0.5, 0.6) is 11.5 Å². The van der Waals surface area contributed by atoms with Crippen LogP contribution < -0.4 is 9.47 Å². The standard InChI is InChI=1S/C34H49NO5/c1-7-8-9-26(36)39-23-13-12-22-18-25-32-14-15-34(38-6,24(19-32)31(5,37)30(2,3)4)29-33(32,27(22)28(23)40-29)16-17-35(25)20-21-10-11-21/h12-13,21,24-25,29,37H,7-11,14-20H2,1-6H3/t24-,25-,29-,31+,32-,33+,34-/m1/s1. The molecule has 8 rings (SSSR count). The summed E-state index contributed by atoms with van der Waals surface area (Å²) in [4.78, 5) is 15.7. The van der Waals surface area contributed by atoms with Crippen molar-refractivity contribution < 1.29 is 24.1 Å². The molecule has 5 fully saturated rings. The van der Waals surface area contributed by atoms with Crippen LogP contribution in [0.2, 0.25) is 0 Å². The fourth-order valence-corrected chi connectivity index (χ4v) is 10.1. The number of hydrogen-bond donors (Lipinski definition) is 1. The summed E-state index contributed by atoms with van der Waals surface area (Å²) in [5, 5.41) is 12.4. The van der Waals surface area contributed by atoms with Crippen molar-refractivity contribution in [1.82, 2.24) is 4.90 Å². The third kappa shape index (κ3) is 3.30. The quantitative estimate of drug-likeness (QED) is 0.325. The summed E-state index contributed by atoms with van der Waals surface area (Å²) in [5.41, 5.74) is 0.591. The van der Waals surface area contributed by atoms with Crippen molar-refractivity contribution in [2.45, 2.75) is 128 Å². The number of likely N-dealkylation sites (tertiary alicyclic amines) is 1. The van der Waals surface area contributed by atoms with E-state index in [0.29, 0.717) is 18.2 Å². The fraction of sp³-hybridized carbons (Fsp3) is 0.794. The third-order valence-electron chi connectivity index (χ3n) is 12.8. The third-order valence-corrected chi connectivity index (χ3v) is 12.8. The minimum atomic E-state index is -0.943. The molecular weight excluding hydrogens is 502 g/mol. The average molecular weight is 552 g/mol. The smallest absolute Gasteiger partial charge is 0.311 e. The first-order chi connectivity index (χ1) is 18.9. The molecule has 6 heteroatoms. The summed E-state index contributed by atoms with van der Waals surface area (Å²) < 4.78 is 19.9. The Morgan fingerprint density at radius 3 is 2.62 bits per heavy atom. The van der Waals surface area contributed by atoms with Gasteiger partial charge in [-0.2, -0.15) is 0 Å². The highest BCUT2D eigenvalue weighted by molar-refractivity contribution is 5.75. The minimum absolute atomic E-state index is 0.00587. The van der Waals surface area contributed by atoms with E-state index in [1.165, 1.54) is 30.5 Å².